The quantitative estimate of drug-likeness (QED) is 0.520. The lowest BCUT2D eigenvalue weighted by Crippen LogP contribution is -2.16. The number of hydrogen-bond acceptors (Lipinski definition) is 2. The zero-order chi connectivity index (χ0) is 8.01. The van der Waals surface area contributed by atoms with Crippen molar-refractivity contribution in [3.05, 3.63) is 22.5 Å². The standard InChI is InChI=1S/C8H10N2O/c1-4-3-9-7-5(2)8(11)10-6(4)7/h9H,3H2,1-2H3,(H,10,11). The molecule has 0 aromatic carbocycles. The molecule has 0 aromatic heterocycles. The third kappa shape index (κ3) is 0.707. The highest BCUT2D eigenvalue weighted by Gasteiger charge is 2.28. The van der Waals surface area contributed by atoms with Gasteiger partial charge in [-0.15, -0.1) is 0 Å². The summed E-state index contributed by atoms with van der Waals surface area (Å²) in [5, 5.41) is 5.99. The minimum absolute atomic E-state index is 0.0292. The summed E-state index contributed by atoms with van der Waals surface area (Å²) in [6.07, 6.45) is 0. The maximum absolute atomic E-state index is 11.1. The predicted molar refractivity (Wildman–Crippen MR) is 41.5 cm³/mol. The Labute approximate surface area is 65.2 Å². The maximum atomic E-state index is 11.1. The van der Waals surface area contributed by atoms with E-state index in [1.807, 2.05) is 13.8 Å². The van der Waals surface area contributed by atoms with Gasteiger partial charge in [0.25, 0.3) is 5.91 Å². The van der Waals surface area contributed by atoms with Crippen LogP contribution in [-0.2, 0) is 4.79 Å². The van der Waals surface area contributed by atoms with Crippen LogP contribution in [0.1, 0.15) is 13.8 Å². The highest BCUT2D eigenvalue weighted by Crippen LogP contribution is 2.24. The Morgan fingerprint density at radius 1 is 1.27 bits per heavy atom. The van der Waals surface area contributed by atoms with Gasteiger partial charge in [-0.25, -0.2) is 0 Å². The van der Waals surface area contributed by atoms with Gasteiger partial charge < -0.3 is 10.6 Å². The van der Waals surface area contributed by atoms with Gasteiger partial charge in [0.2, 0.25) is 0 Å². The molecule has 3 nitrogen and oxygen atoms in total. The molecule has 1 amide bonds. The molecule has 3 heteroatoms. The molecule has 0 spiro atoms. The first kappa shape index (κ1) is 6.46. The molecule has 58 valence electrons. The number of carbonyl (C=O) groups is 1. The van der Waals surface area contributed by atoms with Crippen molar-refractivity contribution in [1.29, 1.82) is 0 Å². The summed E-state index contributed by atoms with van der Waals surface area (Å²) in [5.74, 6) is 0.0292. The summed E-state index contributed by atoms with van der Waals surface area (Å²) in [6.45, 7) is 4.72. The van der Waals surface area contributed by atoms with E-state index < -0.39 is 0 Å². The van der Waals surface area contributed by atoms with E-state index in [0.29, 0.717) is 0 Å². The van der Waals surface area contributed by atoms with Crippen LogP contribution >= 0.6 is 0 Å². The van der Waals surface area contributed by atoms with E-state index in [2.05, 4.69) is 10.6 Å². The minimum atomic E-state index is 0.0292. The highest BCUT2D eigenvalue weighted by molar-refractivity contribution is 6.00. The van der Waals surface area contributed by atoms with Gasteiger partial charge in [-0.1, -0.05) is 0 Å². The van der Waals surface area contributed by atoms with Gasteiger partial charge in [0.1, 0.15) is 0 Å². The van der Waals surface area contributed by atoms with E-state index in [1.54, 1.807) is 0 Å². The molecule has 2 rings (SSSR count). The molecule has 0 bridgehead atoms. The Kier molecular flexibility index (Phi) is 1.10. The third-order valence-electron chi connectivity index (χ3n) is 2.16. The summed E-state index contributed by atoms with van der Waals surface area (Å²) in [6, 6.07) is 0. The second kappa shape index (κ2) is 1.87. The molecule has 0 aliphatic carbocycles. The fourth-order valence-electron chi connectivity index (χ4n) is 1.42. The molecule has 0 aromatic rings. The van der Waals surface area contributed by atoms with Crippen molar-refractivity contribution in [3.8, 4) is 0 Å². The van der Waals surface area contributed by atoms with Crippen molar-refractivity contribution in [2.45, 2.75) is 13.8 Å². The largest absolute Gasteiger partial charge is 0.379 e. The molecule has 2 aliphatic rings. The van der Waals surface area contributed by atoms with Gasteiger partial charge in [-0.05, 0) is 19.4 Å². The number of hydrogen-bond donors (Lipinski definition) is 2. The van der Waals surface area contributed by atoms with E-state index in [9.17, 15) is 4.79 Å². The van der Waals surface area contributed by atoms with Crippen LogP contribution < -0.4 is 10.6 Å². The fourth-order valence-corrected chi connectivity index (χ4v) is 1.42. The molecule has 0 fully saturated rings. The molecular formula is C8H10N2O. The van der Waals surface area contributed by atoms with Gasteiger partial charge in [0.05, 0.1) is 11.4 Å². The molecule has 0 radical (unpaired) electrons. The zero-order valence-electron chi connectivity index (χ0n) is 6.62. The van der Waals surface area contributed by atoms with Crippen LogP contribution in [0.3, 0.4) is 0 Å². The van der Waals surface area contributed by atoms with Crippen LogP contribution in [0, 0.1) is 0 Å². The first-order chi connectivity index (χ1) is 5.20. The van der Waals surface area contributed by atoms with E-state index in [0.717, 1.165) is 23.5 Å². The molecule has 0 unspecified atom stereocenters. The van der Waals surface area contributed by atoms with Crippen LogP contribution in [0.2, 0.25) is 0 Å². The lowest BCUT2D eigenvalue weighted by atomic mass is 10.2. The Bertz CT molecular complexity index is 299. The van der Waals surface area contributed by atoms with Crippen molar-refractivity contribution >= 4 is 5.91 Å². The average Bonchev–Trinajstić information content (AvgIpc) is 2.43. The maximum Gasteiger partial charge on any atom is 0.253 e. The average molecular weight is 150 g/mol. The molecule has 11 heavy (non-hydrogen) atoms. The van der Waals surface area contributed by atoms with Crippen molar-refractivity contribution in [2.75, 3.05) is 6.54 Å². The van der Waals surface area contributed by atoms with Gasteiger partial charge in [0, 0.05) is 12.1 Å². The Hall–Kier alpha value is -1.25. The van der Waals surface area contributed by atoms with E-state index in [-0.39, 0.29) is 5.91 Å². The number of fused-ring (bicyclic) bond motifs is 1. The third-order valence-corrected chi connectivity index (χ3v) is 2.16. The Balaban J connectivity index is 2.53. The summed E-state index contributed by atoms with van der Waals surface area (Å²) in [7, 11) is 0. The van der Waals surface area contributed by atoms with Crippen LogP contribution in [0.5, 0.6) is 0 Å². The van der Waals surface area contributed by atoms with Crippen LogP contribution in [0.15, 0.2) is 22.5 Å². The number of nitrogens with one attached hydrogen (secondary N) is 2. The monoisotopic (exact) mass is 150 g/mol. The van der Waals surface area contributed by atoms with Gasteiger partial charge >= 0.3 is 0 Å². The lowest BCUT2D eigenvalue weighted by Gasteiger charge is -1.95. The van der Waals surface area contributed by atoms with Crippen LogP contribution in [0.25, 0.3) is 0 Å². The zero-order valence-corrected chi connectivity index (χ0v) is 6.62. The Morgan fingerprint density at radius 3 is 2.64 bits per heavy atom. The number of rotatable bonds is 0. The smallest absolute Gasteiger partial charge is 0.253 e. The summed E-state index contributed by atoms with van der Waals surface area (Å²) < 4.78 is 0. The molecule has 0 atom stereocenters. The van der Waals surface area contributed by atoms with Crippen molar-refractivity contribution in [3.63, 3.8) is 0 Å². The second-order valence-electron chi connectivity index (χ2n) is 2.96. The normalized spacial score (nSPS) is 22.2. The molecule has 0 saturated carbocycles. The summed E-state index contributed by atoms with van der Waals surface area (Å²) in [4.78, 5) is 11.1. The minimum Gasteiger partial charge on any atom is -0.379 e. The molecule has 0 saturated heterocycles. The SMILES string of the molecule is CC1=C2NC(=O)C(C)=C2NC1. The number of amides is 1. The first-order valence-electron chi connectivity index (χ1n) is 3.66. The second-order valence-corrected chi connectivity index (χ2v) is 2.96. The molecule has 2 heterocycles. The van der Waals surface area contributed by atoms with Crippen molar-refractivity contribution < 1.29 is 4.79 Å². The highest BCUT2D eigenvalue weighted by atomic mass is 16.2. The summed E-state index contributed by atoms with van der Waals surface area (Å²) >= 11 is 0. The Morgan fingerprint density at radius 2 is 2.00 bits per heavy atom. The topological polar surface area (TPSA) is 41.1 Å². The predicted octanol–water partition coefficient (Wildman–Crippen LogP) is 0.267. The lowest BCUT2D eigenvalue weighted by molar-refractivity contribution is -0.116. The fraction of sp³-hybridized carbons (Fsp3) is 0.375. The van der Waals surface area contributed by atoms with E-state index in [4.69, 9.17) is 0 Å². The van der Waals surface area contributed by atoms with E-state index >= 15 is 0 Å². The first-order valence-corrected chi connectivity index (χ1v) is 3.66. The van der Waals surface area contributed by atoms with Crippen LogP contribution in [-0.4, -0.2) is 12.5 Å². The van der Waals surface area contributed by atoms with Gasteiger partial charge in [-0.2, -0.15) is 0 Å². The van der Waals surface area contributed by atoms with Gasteiger partial charge in [0.15, 0.2) is 0 Å². The van der Waals surface area contributed by atoms with Gasteiger partial charge in [-0.3, -0.25) is 4.79 Å². The molecule has 2 aliphatic heterocycles. The summed E-state index contributed by atoms with van der Waals surface area (Å²) in [5.41, 5.74) is 4.00. The molecular weight excluding hydrogens is 140 g/mol. The van der Waals surface area contributed by atoms with E-state index in [1.165, 1.54) is 5.57 Å². The van der Waals surface area contributed by atoms with Crippen molar-refractivity contribution in [1.82, 2.24) is 10.6 Å². The van der Waals surface area contributed by atoms with Crippen molar-refractivity contribution in [2.24, 2.45) is 0 Å². The number of carbonyl (C=O) groups excluding carboxylic acids is 1. The van der Waals surface area contributed by atoms with Crippen LogP contribution in [0.4, 0.5) is 0 Å². The molecule has 2 N–H and O–H groups in total.